The van der Waals surface area contributed by atoms with Crippen molar-refractivity contribution in [2.75, 3.05) is 10.2 Å². The van der Waals surface area contributed by atoms with E-state index in [0.29, 0.717) is 29.0 Å². The summed E-state index contributed by atoms with van der Waals surface area (Å²) < 4.78 is 41.1. The van der Waals surface area contributed by atoms with Gasteiger partial charge in [-0.3, -0.25) is 14.0 Å². The van der Waals surface area contributed by atoms with Crippen molar-refractivity contribution in [2.24, 2.45) is 0 Å². The van der Waals surface area contributed by atoms with Crippen molar-refractivity contribution in [1.82, 2.24) is 9.38 Å². The molecule has 0 aliphatic rings. The molecule has 2 aromatic heterocycles. The molecule has 0 spiro atoms. The van der Waals surface area contributed by atoms with Crippen LogP contribution in [0.4, 0.5) is 24.5 Å². The molecule has 0 bridgehead atoms. The van der Waals surface area contributed by atoms with E-state index in [-0.39, 0.29) is 11.6 Å². The maximum atomic E-state index is 13.1. The van der Waals surface area contributed by atoms with E-state index in [1.807, 2.05) is 13.0 Å². The minimum absolute atomic E-state index is 0.120. The molecule has 4 rings (SSSR count). The number of carbonyl (C=O) groups excluding carboxylic acids is 2. The molecule has 6 nitrogen and oxygen atoms in total. The molecule has 0 unspecified atom stereocenters. The lowest BCUT2D eigenvalue weighted by Gasteiger charge is -2.27. The summed E-state index contributed by atoms with van der Waals surface area (Å²) in [5.74, 6) is -0.364. The highest BCUT2D eigenvalue weighted by atomic mass is 19.4. The van der Waals surface area contributed by atoms with Gasteiger partial charge in [-0.05, 0) is 61.4 Å². The summed E-state index contributed by atoms with van der Waals surface area (Å²) in [6.45, 7) is 3.53. The average Bonchev–Trinajstić information content (AvgIpc) is 3.25. The molecule has 1 atom stereocenters. The van der Waals surface area contributed by atoms with Gasteiger partial charge in [-0.1, -0.05) is 24.3 Å². The largest absolute Gasteiger partial charge is 0.416 e. The van der Waals surface area contributed by atoms with Gasteiger partial charge in [0.1, 0.15) is 11.3 Å². The molecule has 0 fully saturated rings. The van der Waals surface area contributed by atoms with Gasteiger partial charge in [0.15, 0.2) is 0 Å². The van der Waals surface area contributed by atoms with Gasteiger partial charge in [0.05, 0.1) is 17.8 Å². The Morgan fingerprint density at radius 2 is 1.91 bits per heavy atom. The molecular weight excluding hydrogens is 445 g/mol. The fourth-order valence-corrected chi connectivity index (χ4v) is 3.70. The molecular formula is C25H21F3N4O2. The zero-order valence-electron chi connectivity index (χ0n) is 18.4. The van der Waals surface area contributed by atoms with Crippen LogP contribution in [0.5, 0.6) is 0 Å². The fraction of sp³-hybridized carbons (Fsp3) is 0.160. The van der Waals surface area contributed by atoms with Gasteiger partial charge in [-0.2, -0.15) is 13.2 Å². The summed E-state index contributed by atoms with van der Waals surface area (Å²) in [6, 6.07) is 14.7. The highest BCUT2D eigenvalue weighted by molar-refractivity contribution is 6.04. The highest BCUT2D eigenvalue weighted by Crippen LogP contribution is 2.34. The molecule has 2 amide bonds. The second-order valence-electron chi connectivity index (χ2n) is 7.84. The number of rotatable bonds is 6. The molecule has 1 N–H and O–H groups in total. The van der Waals surface area contributed by atoms with E-state index in [1.54, 1.807) is 47.9 Å². The summed E-state index contributed by atoms with van der Waals surface area (Å²) >= 11 is 0. The Morgan fingerprint density at radius 1 is 1.12 bits per heavy atom. The van der Waals surface area contributed by atoms with Crippen molar-refractivity contribution in [1.29, 1.82) is 0 Å². The number of hydrogen-bond acceptors (Lipinski definition) is 3. The maximum absolute atomic E-state index is 13.1. The van der Waals surface area contributed by atoms with Crippen LogP contribution in [0.3, 0.4) is 0 Å². The van der Waals surface area contributed by atoms with Gasteiger partial charge in [0.25, 0.3) is 5.91 Å². The van der Waals surface area contributed by atoms with Crippen molar-refractivity contribution in [3.8, 4) is 0 Å². The quantitative estimate of drug-likeness (QED) is 0.374. The van der Waals surface area contributed by atoms with Gasteiger partial charge in [0, 0.05) is 17.6 Å². The van der Waals surface area contributed by atoms with Gasteiger partial charge in [-0.15, -0.1) is 0 Å². The van der Waals surface area contributed by atoms with Crippen LogP contribution in [-0.2, 0) is 11.0 Å². The molecule has 0 aliphatic carbocycles. The Labute approximate surface area is 193 Å². The molecule has 2 heterocycles. The minimum atomic E-state index is -4.52. The molecule has 0 radical (unpaired) electrons. The smallest absolute Gasteiger partial charge is 0.320 e. The van der Waals surface area contributed by atoms with E-state index in [2.05, 4.69) is 10.3 Å². The van der Waals surface area contributed by atoms with Gasteiger partial charge in [-0.25, -0.2) is 4.98 Å². The Kier molecular flexibility index (Phi) is 6.10. The van der Waals surface area contributed by atoms with Gasteiger partial charge < -0.3 is 10.2 Å². The second kappa shape index (κ2) is 9.01. The van der Waals surface area contributed by atoms with E-state index < -0.39 is 17.8 Å². The number of pyridine rings is 1. The van der Waals surface area contributed by atoms with Crippen LogP contribution in [0.15, 0.2) is 73.1 Å². The third-order valence-electron chi connectivity index (χ3n) is 5.64. The number of aryl methyl sites for hydroxylation is 1. The van der Waals surface area contributed by atoms with Crippen molar-refractivity contribution >= 4 is 29.3 Å². The number of nitrogens with one attached hydrogen (secondary N) is 1. The molecule has 9 heteroatoms. The van der Waals surface area contributed by atoms with Crippen LogP contribution < -0.4 is 10.2 Å². The zero-order chi connectivity index (χ0) is 24.5. The topological polar surface area (TPSA) is 66.7 Å². The van der Waals surface area contributed by atoms with Crippen LogP contribution in [0.1, 0.15) is 40.1 Å². The van der Waals surface area contributed by atoms with Crippen molar-refractivity contribution in [3.63, 3.8) is 0 Å². The average molecular weight is 466 g/mol. The summed E-state index contributed by atoms with van der Waals surface area (Å²) in [6.07, 6.45) is -0.808. The molecule has 4 aromatic rings. The Balaban J connectivity index is 1.62. The van der Waals surface area contributed by atoms with Gasteiger partial charge >= 0.3 is 6.18 Å². The summed E-state index contributed by atoms with van der Waals surface area (Å²) in [5, 5.41) is 2.87. The van der Waals surface area contributed by atoms with Crippen LogP contribution in [0.2, 0.25) is 0 Å². The van der Waals surface area contributed by atoms with Gasteiger partial charge in [0.2, 0.25) is 6.41 Å². The predicted molar refractivity (Wildman–Crippen MR) is 123 cm³/mol. The third kappa shape index (κ3) is 4.50. The van der Waals surface area contributed by atoms with Crippen LogP contribution in [0, 0.1) is 6.92 Å². The first-order valence-electron chi connectivity index (χ1n) is 10.4. The fourth-order valence-electron chi connectivity index (χ4n) is 3.70. The standard InChI is InChI=1S/C25H21F3N4O2/c1-16-9-10-18(17(2)32(15-33)20-7-5-6-19(13-20)25(26,27)28)12-21(16)30-24(34)22-14-29-23-8-3-4-11-31(22)23/h3-15,17H,1-2H3,(H,30,34)/t17-/m0/s1. The normalized spacial score (nSPS) is 12.4. The first-order valence-corrected chi connectivity index (χ1v) is 10.4. The number of aromatic nitrogens is 2. The van der Waals surface area contributed by atoms with E-state index in [9.17, 15) is 22.8 Å². The maximum Gasteiger partial charge on any atom is 0.416 e. The molecule has 0 saturated carbocycles. The third-order valence-corrected chi connectivity index (χ3v) is 5.64. The summed E-state index contributed by atoms with van der Waals surface area (Å²) in [5.41, 5.74) is 2.22. The highest BCUT2D eigenvalue weighted by Gasteiger charge is 2.31. The number of benzene rings is 2. The lowest BCUT2D eigenvalue weighted by atomic mass is 10.0. The Morgan fingerprint density at radius 3 is 2.65 bits per heavy atom. The Hall–Kier alpha value is -4.14. The number of alkyl halides is 3. The summed E-state index contributed by atoms with van der Waals surface area (Å²) in [7, 11) is 0. The minimum Gasteiger partial charge on any atom is -0.320 e. The van der Waals surface area contributed by atoms with E-state index in [0.717, 1.165) is 17.7 Å². The van der Waals surface area contributed by atoms with Crippen molar-refractivity contribution in [3.05, 3.63) is 95.4 Å². The molecule has 174 valence electrons. The molecule has 0 saturated heterocycles. The van der Waals surface area contributed by atoms with Crippen molar-refractivity contribution < 1.29 is 22.8 Å². The molecule has 34 heavy (non-hydrogen) atoms. The zero-order valence-corrected chi connectivity index (χ0v) is 18.4. The monoisotopic (exact) mass is 466 g/mol. The van der Waals surface area contributed by atoms with Crippen LogP contribution in [0.25, 0.3) is 5.65 Å². The number of hydrogen-bond donors (Lipinski definition) is 1. The van der Waals surface area contributed by atoms with Crippen molar-refractivity contribution in [2.45, 2.75) is 26.1 Å². The predicted octanol–water partition coefficient (Wildman–Crippen LogP) is 5.64. The van der Waals surface area contributed by atoms with E-state index >= 15 is 0 Å². The number of imidazole rings is 1. The number of amides is 2. The second-order valence-corrected chi connectivity index (χ2v) is 7.84. The van der Waals surface area contributed by atoms with Crippen LogP contribution in [-0.4, -0.2) is 21.7 Å². The van der Waals surface area contributed by atoms with E-state index in [4.69, 9.17) is 0 Å². The number of halogens is 3. The summed E-state index contributed by atoms with van der Waals surface area (Å²) in [4.78, 5) is 30.2. The first kappa shape index (κ1) is 23.0. The number of nitrogens with zero attached hydrogens (tertiary/aromatic N) is 3. The lowest BCUT2D eigenvalue weighted by molar-refractivity contribution is -0.137. The number of anilines is 2. The number of fused-ring (bicyclic) bond motifs is 1. The first-order chi connectivity index (χ1) is 16.2. The van der Waals surface area contributed by atoms with Crippen LogP contribution >= 0.6 is 0 Å². The molecule has 0 aliphatic heterocycles. The number of carbonyl (C=O) groups is 2. The lowest BCUT2D eigenvalue weighted by Crippen LogP contribution is -2.25. The SMILES string of the molecule is Cc1ccc([C@H](C)N(C=O)c2cccc(C(F)(F)F)c2)cc1NC(=O)c1cnc2ccccn12. The molecule has 2 aromatic carbocycles. The Bertz CT molecular complexity index is 1360. The van der Waals surface area contributed by atoms with E-state index in [1.165, 1.54) is 23.2 Å².